The van der Waals surface area contributed by atoms with Crippen molar-refractivity contribution in [3.8, 4) is 0 Å². The van der Waals surface area contributed by atoms with E-state index in [1.165, 1.54) is 0 Å². The second-order valence-electron chi connectivity index (χ2n) is 8.81. The van der Waals surface area contributed by atoms with Gasteiger partial charge >= 0.3 is 0 Å². The van der Waals surface area contributed by atoms with Gasteiger partial charge in [0.05, 0.1) is 11.4 Å². The predicted octanol–water partition coefficient (Wildman–Crippen LogP) is 3.44. The van der Waals surface area contributed by atoms with Crippen molar-refractivity contribution in [3.05, 3.63) is 77.7 Å². The number of aryl methyl sites for hydroxylation is 1. The van der Waals surface area contributed by atoms with Gasteiger partial charge in [0, 0.05) is 56.5 Å². The lowest BCUT2D eigenvalue weighted by Gasteiger charge is -2.37. The molecule has 1 fully saturated rings. The number of carbonyl (C=O) groups is 1. The smallest absolute Gasteiger partial charge is 0.255 e. The maximum absolute atomic E-state index is 13.4. The molecule has 0 radical (unpaired) electrons. The third-order valence-corrected chi connectivity index (χ3v) is 6.47. The minimum atomic E-state index is 0.00294. The zero-order valence-electron chi connectivity index (χ0n) is 18.5. The van der Waals surface area contributed by atoms with Crippen molar-refractivity contribution < 1.29 is 4.79 Å². The van der Waals surface area contributed by atoms with Gasteiger partial charge < -0.3 is 14.2 Å². The fourth-order valence-corrected chi connectivity index (χ4v) is 4.54. The van der Waals surface area contributed by atoms with Crippen LogP contribution in [0.5, 0.6) is 0 Å². The molecule has 3 aliphatic heterocycles. The number of allylic oxidation sites excluding steroid dienone is 4. The summed E-state index contributed by atoms with van der Waals surface area (Å²) < 4.78 is 2.02. The minimum Gasteiger partial charge on any atom is -0.368 e. The van der Waals surface area contributed by atoms with Crippen LogP contribution < -0.4 is 0 Å². The van der Waals surface area contributed by atoms with Crippen LogP contribution in [0, 0.1) is 12.8 Å². The van der Waals surface area contributed by atoms with Crippen LogP contribution in [0.2, 0.25) is 0 Å². The second-order valence-corrected chi connectivity index (χ2v) is 8.81. The summed E-state index contributed by atoms with van der Waals surface area (Å²) in [6, 6.07) is 4.16. The van der Waals surface area contributed by atoms with Crippen LogP contribution in [-0.2, 0) is 4.79 Å². The van der Waals surface area contributed by atoms with Crippen LogP contribution in [0.25, 0.3) is 11.2 Å². The molecule has 0 aromatic carbocycles. The molecular weight excluding hydrogens is 386 g/mol. The molecular formula is C25H29N5O. The Morgan fingerprint density at radius 3 is 2.68 bits per heavy atom. The fourth-order valence-electron chi connectivity index (χ4n) is 4.54. The first-order valence-corrected chi connectivity index (χ1v) is 11.0. The summed E-state index contributed by atoms with van der Waals surface area (Å²) in [5, 5.41) is 0. The molecule has 160 valence electrons. The molecule has 2 aromatic heterocycles. The first kappa shape index (κ1) is 19.8. The molecule has 0 bridgehead atoms. The van der Waals surface area contributed by atoms with Crippen molar-refractivity contribution in [2.75, 3.05) is 33.2 Å². The van der Waals surface area contributed by atoms with Gasteiger partial charge in [-0.1, -0.05) is 13.0 Å². The summed E-state index contributed by atoms with van der Waals surface area (Å²) in [6.45, 7) is 8.22. The Bertz CT molecular complexity index is 1140. The van der Waals surface area contributed by atoms with E-state index in [2.05, 4.69) is 59.1 Å². The summed E-state index contributed by atoms with van der Waals surface area (Å²) in [7, 11) is 2.15. The first-order chi connectivity index (χ1) is 15.0. The molecule has 31 heavy (non-hydrogen) atoms. The largest absolute Gasteiger partial charge is 0.368 e. The zero-order valence-corrected chi connectivity index (χ0v) is 18.5. The highest BCUT2D eigenvalue weighted by molar-refractivity contribution is 5.98. The number of hydrogen-bond acceptors (Lipinski definition) is 4. The highest BCUT2D eigenvalue weighted by atomic mass is 16.2. The molecule has 3 aliphatic rings. The van der Waals surface area contributed by atoms with Crippen LogP contribution in [-0.4, -0.2) is 63.2 Å². The molecule has 5 rings (SSSR count). The normalized spacial score (nSPS) is 22.6. The number of aromatic nitrogens is 2. The third kappa shape index (κ3) is 3.83. The number of piperazine rings is 1. The van der Waals surface area contributed by atoms with Crippen LogP contribution in [0.4, 0.5) is 0 Å². The Labute approximate surface area is 183 Å². The number of nitrogens with zero attached hydrogens (tertiary/aromatic N) is 5. The number of rotatable bonds is 2. The van der Waals surface area contributed by atoms with Crippen molar-refractivity contribution in [1.82, 2.24) is 24.1 Å². The van der Waals surface area contributed by atoms with Gasteiger partial charge in [-0.3, -0.25) is 9.69 Å². The van der Waals surface area contributed by atoms with Crippen molar-refractivity contribution >= 4 is 17.1 Å². The Kier molecular flexibility index (Phi) is 5.02. The maximum atomic E-state index is 13.4. The number of hydrogen-bond donors (Lipinski definition) is 0. The molecule has 6 heteroatoms. The second kappa shape index (κ2) is 7.85. The summed E-state index contributed by atoms with van der Waals surface area (Å²) in [5.41, 5.74) is 6.09. The number of likely N-dealkylation sites (N-methyl/N-ethyl adjacent to an activating group) is 1. The average molecular weight is 416 g/mol. The van der Waals surface area contributed by atoms with Crippen LogP contribution >= 0.6 is 0 Å². The van der Waals surface area contributed by atoms with Crippen molar-refractivity contribution in [3.63, 3.8) is 0 Å². The quantitative estimate of drug-likeness (QED) is 0.754. The van der Waals surface area contributed by atoms with Crippen LogP contribution in [0.15, 0.2) is 66.4 Å². The first-order valence-electron chi connectivity index (χ1n) is 11.0. The molecule has 0 aliphatic carbocycles. The standard InChI is InChI=1S/C25H29N5O/c1-18-4-5-21-6-7-22(28-12-10-27(3)11-13-28)17-30(21)25(31)15-23(18)20-8-9-29-16-19(2)26-24(29)14-20/h5-9,14-18H,4,10-13H2,1-3H3. The molecule has 0 spiro atoms. The predicted molar refractivity (Wildman–Crippen MR) is 123 cm³/mol. The Balaban J connectivity index is 1.46. The number of carbonyl (C=O) groups excluding carboxylic acids is 1. The fraction of sp³-hybridized carbons (Fsp3) is 0.360. The SMILES string of the molecule is Cc1cn2ccc(C3=CC(=O)N4C=C(N5CCN(C)CC5)C=CC4=CCC3C)cc2n1. The molecule has 5 heterocycles. The number of amides is 1. The van der Waals surface area contributed by atoms with E-state index >= 15 is 0 Å². The lowest BCUT2D eigenvalue weighted by Crippen LogP contribution is -2.44. The van der Waals surface area contributed by atoms with Crippen molar-refractivity contribution in [2.45, 2.75) is 20.3 Å². The van der Waals surface area contributed by atoms with Crippen LogP contribution in [0.3, 0.4) is 0 Å². The van der Waals surface area contributed by atoms with E-state index < -0.39 is 0 Å². The summed E-state index contributed by atoms with van der Waals surface area (Å²) in [5.74, 6) is 0.247. The van der Waals surface area contributed by atoms with E-state index in [1.54, 1.807) is 4.90 Å². The lowest BCUT2D eigenvalue weighted by molar-refractivity contribution is -0.122. The zero-order chi connectivity index (χ0) is 21.5. The van der Waals surface area contributed by atoms with Crippen LogP contribution in [0.1, 0.15) is 24.6 Å². The van der Waals surface area contributed by atoms with Crippen molar-refractivity contribution in [1.29, 1.82) is 0 Å². The van der Waals surface area contributed by atoms with Gasteiger partial charge in [0.25, 0.3) is 5.91 Å². The Morgan fingerprint density at radius 1 is 1.10 bits per heavy atom. The molecule has 1 atom stereocenters. The molecule has 0 saturated carbocycles. The third-order valence-electron chi connectivity index (χ3n) is 6.47. The summed E-state index contributed by atoms with van der Waals surface area (Å²) >= 11 is 0. The average Bonchev–Trinajstić information content (AvgIpc) is 3.14. The van der Waals surface area contributed by atoms with Gasteiger partial charge in [-0.25, -0.2) is 4.98 Å². The van der Waals surface area contributed by atoms with Gasteiger partial charge in [-0.2, -0.15) is 0 Å². The van der Waals surface area contributed by atoms with Crippen molar-refractivity contribution in [2.24, 2.45) is 5.92 Å². The highest BCUT2D eigenvalue weighted by Gasteiger charge is 2.25. The van der Waals surface area contributed by atoms with Gasteiger partial charge in [-0.15, -0.1) is 0 Å². The van der Waals surface area contributed by atoms with Gasteiger partial charge in [0.2, 0.25) is 0 Å². The van der Waals surface area contributed by atoms with E-state index in [4.69, 9.17) is 0 Å². The lowest BCUT2D eigenvalue weighted by atomic mass is 9.89. The Hall–Kier alpha value is -3.12. The number of imidazole rings is 1. The molecule has 1 saturated heterocycles. The van der Waals surface area contributed by atoms with E-state index in [1.807, 2.05) is 36.0 Å². The summed E-state index contributed by atoms with van der Waals surface area (Å²) in [6.07, 6.45) is 15.1. The highest BCUT2D eigenvalue weighted by Crippen LogP contribution is 2.32. The molecule has 0 N–H and O–H groups in total. The molecule has 1 amide bonds. The maximum Gasteiger partial charge on any atom is 0.255 e. The molecule has 1 unspecified atom stereocenters. The van der Waals surface area contributed by atoms with E-state index in [9.17, 15) is 4.79 Å². The van der Waals surface area contributed by atoms with E-state index in [0.29, 0.717) is 0 Å². The van der Waals surface area contributed by atoms with Gasteiger partial charge in [0.15, 0.2) is 0 Å². The Morgan fingerprint density at radius 2 is 1.87 bits per heavy atom. The van der Waals surface area contributed by atoms with E-state index in [0.717, 1.165) is 66.5 Å². The topological polar surface area (TPSA) is 44.1 Å². The number of fused-ring (bicyclic) bond motifs is 2. The van der Waals surface area contributed by atoms with E-state index in [-0.39, 0.29) is 11.8 Å². The summed E-state index contributed by atoms with van der Waals surface area (Å²) in [4.78, 5) is 24.5. The van der Waals surface area contributed by atoms with Gasteiger partial charge in [0.1, 0.15) is 5.65 Å². The minimum absolute atomic E-state index is 0.00294. The molecule has 2 aromatic rings. The molecule has 6 nitrogen and oxygen atoms in total. The number of pyridine rings is 1. The van der Waals surface area contributed by atoms with Gasteiger partial charge in [-0.05, 0) is 61.7 Å². The monoisotopic (exact) mass is 415 g/mol.